The minimum absolute atomic E-state index is 0.0342. The zero-order chi connectivity index (χ0) is 23.7. The van der Waals surface area contributed by atoms with Crippen LogP contribution in [0.1, 0.15) is 71.6 Å². The molecule has 0 aliphatic heterocycles. The summed E-state index contributed by atoms with van der Waals surface area (Å²) in [4.78, 5) is 38.4. The summed E-state index contributed by atoms with van der Waals surface area (Å²) >= 11 is 0. The Balaban J connectivity index is 1.26. The highest BCUT2D eigenvalue weighted by molar-refractivity contribution is 5.89. The summed E-state index contributed by atoms with van der Waals surface area (Å²) in [6.45, 7) is 4.14. The van der Waals surface area contributed by atoms with Crippen molar-refractivity contribution in [3.63, 3.8) is 0 Å². The predicted octanol–water partition coefficient (Wildman–Crippen LogP) is 4.13. The molecule has 0 spiro atoms. The number of hydrogen-bond donors (Lipinski definition) is 2. The molecule has 2 N–H and O–H groups in total. The van der Waals surface area contributed by atoms with Gasteiger partial charge in [0.25, 0.3) is 0 Å². The third-order valence-electron chi connectivity index (χ3n) is 11.4. The van der Waals surface area contributed by atoms with E-state index in [-0.39, 0.29) is 36.4 Å². The van der Waals surface area contributed by atoms with Gasteiger partial charge in [-0.1, -0.05) is 26.7 Å². The molecule has 34 heavy (non-hydrogen) atoms. The first-order valence-electron chi connectivity index (χ1n) is 14.1. The number of carboxylic acid groups (broad SMARTS) is 1. The second-order valence-corrected chi connectivity index (χ2v) is 12.8. The number of carboxylic acids is 1. The molecule has 6 heteroatoms. The molecule has 1 amide bonds. The molecule has 8 unspecified atom stereocenters. The lowest BCUT2D eigenvalue weighted by molar-refractivity contribution is -0.181. The summed E-state index contributed by atoms with van der Waals surface area (Å²) in [7, 11) is 0. The Morgan fingerprint density at radius 3 is 1.88 bits per heavy atom. The maximum atomic E-state index is 13.9. The van der Waals surface area contributed by atoms with Crippen molar-refractivity contribution < 1.29 is 24.2 Å². The topological polar surface area (TPSA) is 92.7 Å². The average Bonchev–Trinajstić information content (AvgIpc) is 3.48. The summed E-state index contributed by atoms with van der Waals surface area (Å²) < 4.78 is 6.41. The van der Waals surface area contributed by atoms with E-state index in [1.165, 1.54) is 38.5 Å². The van der Waals surface area contributed by atoms with Gasteiger partial charge in [0.05, 0.1) is 11.8 Å². The van der Waals surface area contributed by atoms with E-state index in [9.17, 15) is 14.4 Å². The molecule has 7 rings (SSSR count). The Labute approximate surface area is 202 Å². The molecule has 0 aromatic rings. The van der Waals surface area contributed by atoms with Crippen molar-refractivity contribution in [3.8, 4) is 0 Å². The molecule has 7 saturated carbocycles. The van der Waals surface area contributed by atoms with Crippen LogP contribution in [0.25, 0.3) is 0 Å². The van der Waals surface area contributed by atoms with Gasteiger partial charge in [0, 0.05) is 0 Å². The molecule has 0 heterocycles. The number of aliphatic carboxylic acids is 1. The van der Waals surface area contributed by atoms with Crippen LogP contribution in [-0.4, -0.2) is 35.6 Å². The Bertz CT molecular complexity index is 828. The standard InChI is InChI=1S/C28H41NO5/c1-3-15-10-16(4-2)23-20-11-19(22(15)23)24(27(32)29-12-21(30)31)25(20)28(33)34-26-17-6-13-5-14(8-17)9-18(26)7-13/h13-20,22-26H,3-12H2,1-2H3,(H,29,32)(H,30,31). The lowest BCUT2D eigenvalue weighted by atomic mass is 9.55. The van der Waals surface area contributed by atoms with Crippen molar-refractivity contribution in [2.24, 2.45) is 71.0 Å². The van der Waals surface area contributed by atoms with Gasteiger partial charge in [-0.15, -0.1) is 0 Å². The van der Waals surface area contributed by atoms with E-state index in [0.717, 1.165) is 31.1 Å². The van der Waals surface area contributed by atoms with Gasteiger partial charge in [-0.3, -0.25) is 14.4 Å². The number of amides is 1. The average molecular weight is 472 g/mol. The number of nitrogens with one attached hydrogen (secondary N) is 1. The lowest BCUT2D eigenvalue weighted by Crippen LogP contribution is -2.52. The van der Waals surface area contributed by atoms with Crippen LogP contribution in [-0.2, 0) is 19.1 Å². The highest BCUT2D eigenvalue weighted by atomic mass is 16.5. The van der Waals surface area contributed by atoms with Gasteiger partial charge in [0.15, 0.2) is 0 Å². The van der Waals surface area contributed by atoms with Gasteiger partial charge in [-0.25, -0.2) is 0 Å². The van der Waals surface area contributed by atoms with Gasteiger partial charge < -0.3 is 15.2 Å². The van der Waals surface area contributed by atoms with Crippen molar-refractivity contribution in [2.75, 3.05) is 6.54 Å². The zero-order valence-corrected chi connectivity index (χ0v) is 20.7. The summed E-state index contributed by atoms with van der Waals surface area (Å²) in [5, 5.41) is 11.8. The Morgan fingerprint density at radius 1 is 0.794 bits per heavy atom. The number of carbonyl (C=O) groups is 3. The third-order valence-corrected chi connectivity index (χ3v) is 11.4. The highest BCUT2D eigenvalue weighted by Crippen LogP contribution is 2.68. The first-order chi connectivity index (χ1) is 16.4. The highest BCUT2D eigenvalue weighted by Gasteiger charge is 2.67. The van der Waals surface area contributed by atoms with Crippen LogP contribution in [0.15, 0.2) is 0 Å². The normalized spacial score (nSPS) is 49.8. The molecule has 0 saturated heterocycles. The first-order valence-corrected chi connectivity index (χ1v) is 14.1. The maximum absolute atomic E-state index is 13.9. The van der Waals surface area contributed by atoms with Gasteiger partial charge in [-0.05, 0) is 104 Å². The second kappa shape index (κ2) is 8.51. The van der Waals surface area contributed by atoms with Crippen LogP contribution in [0, 0.1) is 71.0 Å². The SMILES string of the molecule is CCC1CC(CC)C2C3CC(C(C(=O)NCC(=O)O)C3C(=O)OC3C4CC5CC(C4)CC3C5)C12. The van der Waals surface area contributed by atoms with Crippen molar-refractivity contribution in [1.29, 1.82) is 0 Å². The van der Waals surface area contributed by atoms with E-state index in [4.69, 9.17) is 9.84 Å². The van der Waals surface area contributed by atoms with E-state index in [0.29, 0.717) is 35.5 Å². The molecule has 7 aliphatic rings. The quantitative estimate of drug-likeness (QED) is 0.545. The summed E-state index contributed by atoms with van der Waals surface area (Å²) in [6.07, 6.45) is 10.6. The van der Waals surface area contributed by atoms with Crippen molar-refractivity contribution in [2.45, 2.75) is 77.7 Å². The molecule has 7 aliphatic carbocycles. The molecule has 188 valence electrons. The molecule has 0 radical (unpaired) electrons. The van der Waals surface area contributed by atoms with E-state index in [1.54, 1.807) is 0 Å². The van der Waals surface area contributed by atoms with E-state index >= 15 is 0 Å². The van der Waals surface area contributed by atoms with E-state index in [2.05, 4.69) is 19.2 Å². The molecule has 0 aromatic carbocycles. The van der Waals surface area contributed by atoms with Crippen molar-refractivity contribution in [3.05, 3.63) is 0 Å². The first kappa shape index (κ1) is 22.8. The van der Waals surface area contributed by atoms with E-state index < -0.39 is 17.8 Å². The van der Waals surface area contributed by atoms with Crippen molar-refractivity contribution >= 4 is 17.8 Å². The Morgan fingerprint density at radius 2 is 1.35 bits per heavy atom. The zero-order valence-electron chi connectivity index (χ0n) is 20.7. The van der Waals surface area contributed by atoms with Crippen LogP contribution < -0.4 is 5.32 Å². The number of fused-ring (bicyclic) bond motifs is 5. The number of esters is 1. The van der Waals surface area contributed by atoms with Gasteiger partial charge in [0.1, 0.15) is 12.6 Å². The minimum atomic E-state index is -1.04. The molecule has 7 fully saturated rings. The van der Waals surface area contributed by atoms with Crippen LogP contribution in [0.3, 0.4) is 0 Å². The van der Waals surface area contributed by atoms with E-state index in [1.807, 2.05) is 0 Å². The second-order valence-electron chi connectivity index (χ2n) is 12.8. The minimum Gasteiger partial charge on any atom is -0.480 e. The van der Waals surface area contributed by atoms with Crippen LogP contribution in [0.2, 0.25) is 0 Å². The molecular formula is C28H41NO5. The number of hydrogen-bond acceptors (Lipinski definition) is 4. The molecule has 6 nitrogen and oxygen atoms in total. The number of carbonyl (C=O) groups excluding carboxylic acids is 2. The number of rotatable bonds is 7. The third kappa shape index (κ3) is 3.44. The van der Waals surface area contributed by atoms with Crippen LogP contribution >= 0.6 is 0 Å². The van der Waals surface area contributed by atoms with Crippen molar-refractivity contribution in [1.82, 2.24) is 5.32 Å². The van der Waals surface area contributed by atoms with Crippen LogP contribution in [0.4, 0.5) is 0 Å². The fraction of sp³-hybridized carbons (Fsp3) is 0.893. The summed E-state index contributed by atoms with van der Waals surface area (Å²) in [5.41, 5.74) is 0. The Kier molecular flexibility index (Phi) is 5.72. The molecule has 0 aromatic heterocycles. The lowest BCUT2D eigenvalue weighted by Gasteiger charge is -2.53. The monoisotopic (exact) mass is 471 g/mol. The smallest absolute Gasteiger partial charge is 0.322 e. The van der Waals surface area contributed by atoms with Gasteiger partial charge >= 0.3 is 11.9 Å². The maximum Gasteiger partial charge on any atom is 0.322 e. The fourth-order valence-corrected chi connectivity index (χ4v) is 10.7. The van der Waals surface area contributed by atoms with Gasteiger partial charge in [0.2, 0.25) is 5.91 Å². The van der Waals surface area contributed by atoms with Crippen LogP contribution in [0.5, 0.6) is 0 Å². The predicted molar refractivity (Wildman–Crippen MR) is 125 cm³/mol. The molecular weight excluding hydrogens is 430 g/mol. The Hall–Kier alpha value is -1.59. The van der Waals surface area contributed by atoms with Gasteiger partial charge in [-0.2, -0.15) is 0 Å². The number of ether oxygens (including phenoxy) is 1. The largest absolute Gasteiger partial charge is 0.480 e. The summed E-state index contributed by atoms with van der Waals surface area (Å²) in [6, 6.07) is 0. The molecule has 8 atom stereocenters. The summed E-state index contributed by atoms with van der Waals surface area (Å²) in [5.74, 6) is 3.04. The fourth-order valence-electron chi connectivity index (χ4n) is 10.7. The molecule has 6 bridgehead atoms.